The number of carbonyl (C=O) groups is 3. The molecule has 1 aromatic heterocycles. The number of carbonyl (C=O) groups excluding carboxylic acids is 3. The number of hydrogen-bond acceptors (Lipinski definition) is 5. The van der Waals surface area contributed by atoms with E-state index in [2.05, 4.69) is 22.5 Å². The molecule has 1 aliphatic heterocycles. The number of nitrogens with zero attached hydrogens (tertiary/aromatic N) is 2. The molecule has 0 bridgehead atoms. The van der Waals surface area contributed by atoms with Gasteiger partial charge in [-0.05, 0) is 24.5 Å². The lowest BCUT2D eigenvalue weighted by atomic mass is 9.92. The minimum atomic E-state index is -1.20. The molecule has 3 aromatic rings. The minimum absolute atomic E-state index is 0.382. The van der Waals surface area contributed by atoms with Gasteiger partial charge in [0, 0.05) is 10.9 Å². The van der Waals surface area contributed by atoms with Gasteiger partial charge in [0.05, 0.1) is 5.69 Å². The zero-order valence-corrected chi connectivity index (χ0v) is 18.0. The molecule has 0 saturated carbocycles. The van der Waals surface area contributed by atoms with Crippen LogP contribution in [0.2, 0.25) is 0 Å². The molecule has 158 valence electrons. The molecular weight excluding hydrogens is 412 g/mol. The number of benzene rings is 2. The number of hydrogen-bond donors (Lipinski definition) is 2. The fourth-order valence-electron chi connectivity index (χ4n) is 3.49. The van der Waals surface area contributed by atoms with E-state index in [9.17, 15) is 14.4 Å². The SMILES string of the molecule is CCc1ccc(-c2csc(NC(=O)CN3C(=O)NC(C)(c4ccccc4)C3=O)n2)cc1. The highest BCUT2D eigenvalue weighted by molar-refractivity contribution is 7.14. The molecule has 4 amide bonds. The van der Waals surface area contributed by atoms with Crippen molar-refractivity contribution in [1.82, 2.24) is 15.2 Å². The van der Waals surface area contributed by atoms with E-state index in [4.69, 9.17) is 0 Å². The predicted molar refractivity (Wildman–Crippen MR) is 120 cm³/mol. The van der Waals surface area contributed by atoms with E-state index < -0.39 is 23.4 Å². The first-order valence-electron chi connectivity index (χ1n) is 9.95. The summed E-state index contributed by atoms with van der Waals surface area (Å²) in [5.74, 6) is -0.947. The fraction of sp³-hybridized carbons (Fsp3) is 0.217. The molecule has 0 radical (unpaired) electrons. The smallest absolute Gasteiger partial charge is 0.319 e. The quantitative estimate of drug-likeness (QED) is 0.578. The number of aromatic nitrogens is 1. The van der Waals surface area contributed by atoms with Crippen molar-refractivity contribution >= 4 is 34.3 Å². The number of thiazole rings is 1. The second-order valence-corrected chi connectivity index (χ2v) is 8.31. The van der Waals surface area contributed by atoms with Crippen LogP contribution in [0.4, 0.5) is 9.93 Å². The minimum Gasteiger partial charge on any atom is -0.319 e. The van der Waals surface area contributed by atoms with Crippen LogP contribution in [0.15, 0.2) is 60.0 Å². The first kappa shape index (κ1) is 20.7. The summed E-state index contributed by atoms with van der Waals surface area (Å²) >= 11 is 1.29. The summed E-state index contributed by atoms with van der Waals surface area (Å²) in [6.07, 6.45) is 0.963. The van der Waals surface area contributed by atoms with Crippen molar-refractivity contribution in [2.45, 2.75) is 25.8 Å². The molecular formula is C23H22N4O3S. The van der Waals surface area contributed by atoms with Crippen molar-refractivity contribution in [2.75, 3.05) is 11.9 Å². The Hall–Kier alpha value is -3.52. The van der Waals surface area contributed by atoms with Crippen LogP contribution in [0, 0.1) is 0 Å². The maximum atomic E-state index is 12.9. The van der Waals surface area contributed by atoms with Crippen LogP contribution < -0.4 is 10.6 Å². The summed E-state index contributed by atoms with van der Waals surface area (Å²) in [6.45, 7) is 3.35. The highest BCUT2D eigenvalue weighted by Crippen LogP contribution is 2.29. The van der Waals surface area contributed by atoms with Crippen LogP contribution in [0.3, 0.4) is 0 Å². The van der Waals surface area contributed by atoms with Gasteiger partial charge in [-0.25, -0.2) is 9.78 Å². The van der Waals surface area contributed by atoms with Gasteiger partial charge in [0.2, 0.25) is 5.91 Å². The third kappa shape index (κ3) is 4.06. The lowest BCUT2D eigenvalue weighted by molar-refractivity contribution is -0.133. The lowest BCUT2D eigenvalue weighted by Gasteiger charge is -2.21. The zero-order valence-electron chi connectivity index (χ0n) is 17.2. The molecule has 1 fully saturated rings. The molecule has 8 heteroatoms. The monoisotopic (exact) mass is 434 g/mol. The Bertz CT molecular complexity index is 1130. The summed E-state index contributed by atoms with van der Waals surface area (Å²) in [4.78, 5) is 43.2. The van der Waals surface area contributed by atoms with Crippen LogP contribution in [0.5, 0.6) is 0 Å². The van der Waals surface area contributed by atoms with Crippen molar-refractivity contribution < 1.29 is 14.4 Å². The molecule has 0 spiro atoms. The van der Waals surface area contributed by atoms with Crippen LogP contribution in [0.1, 0.15) is 25.0 Å². The molecule has 2 heterocycles. The van der Waals surface area contributed by atoms with E-state index in [1.807, 2.05) is 35.7 Å². The lowest BCUT2D eigenvalue weighted by Crippen LogP contribution is -2.42. The predicted octanol–water partition coefficient (Wildman–Crippen LogP) is 3.78. The second kappa shape index (κ2) is 8.31. The largest absolute Gasteiger partial charge is 0.325 e. The van der Waals surface area contributed by atoms with Crippen LogP contribution >= 0.6 is 11.3 Å². The second-order valence-electron chi connectivity index (χ2n) is 7.45. The van der Waals surface area contributed by atoms with Gasteiger partial charge in [-0.2, -0.15) is 0 Å². The molecule has 1 atom stereocenters. The van der Waals surface area contributed by atoms with Crippen molar-refractivity contribution in [3.05, 3.63) is 71.1 Å². The average molecular weight is 435 g/mol. The number of rotatable bonds is 6. The molecule has 7 nitrogen and oxygen atoms in total. The molecule has 31 heavy (non-hydrogen) atoms. The molecule has 1 unspecified atom stereocenters. The molecule has 4 rings (SSSR count). The van der Waals surface area contributed by atoms with E-state index in [-0.39, 0.29) is 6.54 Å². The molecule has 1 aliphatic rings. The van der Waals surface area contributed by atoms with Gasteiger partial charge in [-0.1, -0.05) is 61.5 Å². The highest BCUT2D eigenvalue weighted by atomic mass is 32.1. The first-order valence-corrected chi connectivity index (χ1v) is 10.8. The van der Waals surface area contributed by atoms with Crippen molar-refractivity contribution in [3.63, 3.8) is 0 Å². The Morgan fingerprint density at radius 1 is 1.13 bits per heavy atom. The molecule has 1 saturated heterocycles. The number of anilines is 1. The summed E-state index contributed by atoms with van der Waals surface area (Å²) in [5, 5.41) is 7.65. The summed E-state index contributed by atoms with van der Waals surface area (Å²) in [5.41, 5.74) is 2.42. The number of aryl methyl sites for hydroxylation is 1. The van der Waals surface area contributed by atoms with Gasteiger partial charge in [0.15, 0.2) is 5.13 Å². The van der Waals surface area contributed by atoms with E-state index in [0.29, 0.717) is 10.7 Å². The Labute approximate surface area is 184 Å². The van der Waals surface area contributed by atoms with Gasteiger partial charge in [-0.15, -0.1) is 11.3 Å². The Kier molecular flexibility index (Phi) is 5.56. The summed E-state index contributed by atoms with van der Waals surface area (Å²) < 4.78 is 0. The Morgan fingerprint density at radius 2 is 1.84 bits per heavy atom. The fourth-order valence-corrected chi connectivity index (χ4v) is 4.22. The first-order chi connectivity index (χ1) is 14.9. The van der Waals surface area contributed by atoms with E-state index in [0.717, 1.165) is 22.6 Å². The molecule has 2 aromatic carbocycles. The third-order valence-corrected chi connectivity index (χ3v) is 6.09. The Balaban J connectivity index is 1.43. The maximum absolute atomic E-state index is 12.9. The number of amides is 4. The van der Waals surface area contributed by atoms with Gasteiger partial charge in [-0.3, -0.25) is 14.5 Å². The zero-order chi connectivity index (χ0) is 22.0. The van der Waals surface area contributed by atoms with Crippen LogP contribution in [-0.4, -0.2) is 34.3 Å². The number of imide groups is 1. The topological polar surface area (TPSA) is 91.4 Å². The van der Waals surface area contributed by atoms with Gasteiger partial charge in [0.1, 0.15) is 12.1 Å². The summed E-state index contributed by atoms with van der Waals surface area (Å²) in [6, 6.07) is 16.5. The average Bonchev–Trinajstić information content (AvgIpc) is 3.33. The van der Waals surface area contributed by atoms with Crippen molar-refractivity contribution in [3.8, 4) is 11.3 Å². The van der Waals surface area contributed by atoms with Crippen molar-refractivity contribution in [2.24, 2.45) is 0 Å². The number of nitrogens with one attached hydrogen (secondary N) is 2. The van der Waals surface area contributed by atoms with Gasteiger partial charge >= 0.3 is 6.03 Å². The summed E-state index contributed by atoms with van der Waals surface area (Å²) in [7, 11) is 0. The van der Waals surface area contributed by atoms with E-state index in [1.54, 1.807) is 31.2 Å². The van der Waals surface area contributed by atoms with Crippen LogP contribution in [-0.2, 0) is 21.5 Å². The maximum Gasteiger partial charge on any atom is 0.325 e. The van der Waals surface area contributed by atoms with Gasteiger partial charge < -0.3 is 10.6 Å². The standard InChI is InChI=1S/C23H22N4O3S/c1-3-15-9-11-16(12-10-15)18-14-31-21(24-18)25-19(28)13-27-20(29)23(2,26-22(27)30)17-7-5-4-6-8-17/h4-12,14H,3,13H2,1-2H3,(H,26,30)(H,24,25,28). The number of urea groups is 1. The third-order valence-electron chi connectivity index (χ3n) is 5.34. The normalized spacial score (nSPS) is 18.2. The molecule has 0 aliphatic carbocycles. The van der Waals surface area contributed by atoms with Crippen molar-refractivity contribution in [1.29, 1.82) is 0 Å². The van der Waals surface area contributed by atoms with Gasteiger partial charge in [0.25, 0.3) is 5.91 Å². The van der Waals surface area contributed by atoms with E-state index >= 15 is 0 Å². The van der Waals surface area contributed by atoms with E-state index in [1.165, 1.54) is 16.9 Å². The highest BCUT2D eigenvalue weighted by Gasteiger charge is 2.49. The molecule has 2 N–H and O–H groups in total. The van der Waals surface area contributed by atoms with Crippen LogP contribution in [0.25, 0.3) is 11.3 Å². The Morgan fingerprint density at radius 3 is 2.52 bits per heavy atom.